The Labute approximate surface area is 135 Å². The third-order valence-electron chi connectivity index (χ3n) is 5.20. The Balaban J connectivity index is 1.88. The molecule has 1 aromatic heterocycles. The molecule has 2 aromatic rings. The number of likely N-dealkylation sites (N-methyl/N-ethyl adjacent to an activating group) is 1. The van der Waals surface area contributed by atoms with Crippen molar-refractivity contribution in [2.24, 2.45) is 0 Å². The van der Waals surface area contributed by atoms with Gasteiger partial charge >= 0.3 is 0 Å². The fourth-order valence-electron chi connectivity index (χ4n) is 4.09. The first-order chi connectivity index (χ1) is 10.6. The van der Waals surface area contributed by atoms with Crippen molar-refractivity contribution in [3.63, 3.8) is 0 Å². The minimum atomic E-state index is -0.0249. The summed E-state index contributed by atoms with van der Waals surface area (Å²) >= 11 is 4.22. The quantitative estimate of drug-likeness (QED) is 0.580. The van der Waals surface area contributed by atoms with Gasteiger partial charge in [0.15, 0.2) is 5.16 Å². The van der Waals surface area contributed by atoms with Crippen LogP contribution in [-0.2, 0) is 24.9 Å². The van der Waals surface area contributed by atoms with Crippen LogP contribution in [-0.4, -0.2) is 27.0 Å². The fourth-order valence-corrected chi connectivity index (χ4v) is 4.31. The van der Waals surface area contributed by atoms with Gasteiger partial charge in [-0.3, -0.25) is 4.90 Å². The van der Waals surface area contributed by atoms with Crippen molar-refractivity contribution in [1.82, 2.24) is 14.9 Å². The van der Waals surface area contributed by atoms with Crippen LogP contribution < -0.4 is 0 Å². The van der Waals surface area contributed by atoms with Crippen LogP contribution in [0.1, 0.15) is 35.2 Å². The van der Waals surface area contributed by atoms with Crippen molar-refractivity contribution in [3.8, 4) is 5.88 Å². The summed E-state index contributed by atoms with van der Waals surface area (Å²) in [6.45, 7) is 0.670. The first-order valence-electron chi connectivity index (χ1n) is 7.67. The van der Waals surface area contributed by atoms with Crippen molar-refractivity contribution < 1.29 is 5.11 Å². The number of rotatable bonds is 0. The van der Waals surface area contributed by atoms with E-state index in [-0.39, 0.29) is 11.4 Å². The topological polar surface area (TPSA) is 49.2 Å². The summed E-state index contributed by atoms with van der Waals surface area (Å²) in [4.78, 5) is 10.8. The van der Waals surface area contributed by atoms with Crippen molar-refractivity contribution in [2.75, 3.05) is 7.05 Å². The van der Waals surface area contributed by atoms with E-state index in [0.29, 0.717) is 11.7 Å². The van der Waals surface area contributed by atoms with Gasteiger partial charge in [-0.1, -0.05) is 24.3 Å². The smallest absolute Gasteiger partial charge is 0.219 e. The lowest BCUT2D eigenvalue weighted by Gasteiger charge is -2.49. The summed E-state index contributed by atoms with van der Waals surface area (Å²) in [5, 5.41) is 10.5. The third-order valence-corrected chi connectivity index (χ3v) is 5.40. The number of hydrogen-bond acceptors (Lipinski definition) is 5. The lowest BCUT2D eigenvalue weighted by atomic mass is 9.71. The van der Waals surface area contributed by atoms with Crippen LogP contribution in [0.3, 0.4) is 0 Å². The normalized spacial score (nSPS) is 24.1. The molecule has 2 heterocycles. The molecule has 2 aliphatic rings. The molecule has 1 N–H and O–H groups in total. The minimum absolute atomic E-state index is 0.0249. The Hall–Kier alpha value is -1.59. The Kier molecular flexibility index (Phi) is 3.16. The van der Waals surface area contributed by atoms with Crippen LogP contribution in [0.4, 0.5) is 0 Å². The highest BCUT2D eigenvalue weighted by atomic mass is 32.1. The Morgan fingerprint density at radius 2 is 2.09 bits per heavy atom. The summed E-state index contributed by atoms with van der Waals surface area (Å²) in [5.74, 6) is 0.0702. The summed E-state index contributed by atoms with van der Waals surface area (Å²) in [6, 6.07) is 8.73. The number of thiol groups is 1. The molecule has 114 valence electrons. The van der Waals surface area contributed by atoms with E-state index in [0.717, 1.165) is 30.5 Å². The molecule has 0 fully saturated rings. The summed E-state index contributed by atoms with van der Waals surface area (Å²) in [7, 11) is 2.14. The maximum Gasteiger partial charge on any atom is 0.219 e. The second-order valence-corrected chi connectivity index (χ2v) is 6.75. The summed E-state index contributed by atoms with van der Waals surface area (Å²) in [6.07, 6.45) is 4.25. The molecule has 1 atom stereocenters. The number of hydrogen-bond donors (Lipinski definition) is 2. The molecule has 0 saturated carbocycles. The number of aryl methyl sites for hydroxylation is 1. The van der Waals surface area contributed by atoms with Gasteiger partial charge in [-0.25, -0.2) is 4.98 Å². The van der Waals surface area contributed by atoms with Gasteiger partial charge in [-0.05, 0) is 37.4 Å². The van der Waals surface area contributed by atoms with Gasteiger partial charge in [0, 0.05) is 18.5 Å². The van der Waals surface area contributed by atoms with E-state index in [1.807, 2.05) is 0 Å². The van der Waals surface area contributed by atoms with E-state index in [1.165, 1.54) is 17.5 Å². The molecular weight excluding hydrogens is 294 g/mol. The molecule has 0 saturated heterocycles. The van der Waals surface area contributed by atoms with Gasteiger partial charge in [0.05, 0.1) is 11.2 Å². The first-order valence-corrected chi connectivity index (χ1v) is 8.12. The molecule has 1 spiro atoms. The lowest BCUT2D eigenvalue weighted by Crippen LogP contribution is -2.50. The van der Waals surface area contributed by atoms with Crippen LogP contribution in [0, 0.1) is 0 Å². The van der Waals surface area contributed by atoms with Gasteiger partial charge in [-0.15, -0.1) is 12.6 Å². The third kappa shape index (κ3) is 1.96. The molecule has 22 heavy (non-hydrogen) atoms. The van der Waals surface area contributed by atoms with E-state index < -0.39 is 0 Å². The predicted molar refractivity (Wildman–Crippen MR) is 87.2 cm³/mol. The van der Waals surface area contributed by atoms with Gasteiger partial charge in [0.1, 0.15) is 0 Å². The molecule has 1 aliphatic heterocycles. The van der Waals surface area contributed by atoms with E-state index in [1.54, 1.807) is 0 Å². The largest absolute Gasteiger partial charge is 0.493 e. The number of nitrogens with zero attached hydrogens (tertiary/aromatic N) is 3. The molecule has 0 bridgehead atoms. The van der Waals surface area contributed by atoms with E-state index >= 15 is 0 Å². The predicted octanol–water partition coefficient (Wildman–Crippen LogP) is 2.69. The molecule has 1 aromatic carbocycles. The average Bonchev–Trinajstić information content (AvgIpc) is 2.50. The van der Waals surface area contributed by atoms with Crippen molar-refractivity contribution >= 4 is 12.6 Å². The Morgan fingerprint density at radius 3 is 2.95 bits per heavy atom. The molecule has 0 unspecified atom stereocenters. The standard InChI is InChI=1S/C17H19N3OS/c1-20-10-12-14(18-16(22)19-15(12)21)9-17(20)8-4-6-11-5-2-3-7-13(11)17/h2-3,5,7H,4,6,8-10H2,1H3,(H2,18,19,21,22)/t17-/m0/s1. The number of aromatic hydroxyl groups is 1. The maximum atomic E-state index is 10.1. The molecule has 0 amide bonds. The summed E-state index contributed by atoms with van der Waals surface area (Å²) in [5.41, 5.74) is 4.60. The highest BCUT2D eigenvalue weighted by Gasteiger charge is 2.44. The van der Waals surface area contributed by atoms with Crippen molar-refractivity contribution in [2.45, 2.75) is 42.9 Å². The van der Waals surface area contributed by atoms with Crippen LogP contribution >= 0.6 is 12.6 Å². The fraction of sp³-hybridized carbons (Fsp3) is 0.412. The molecule has 1 aliphatic carbocycles. The monoisotopic (exact) mass is 313 g/mol. The average molecular weight is 313 g/mol. The molecule has 4 nitrogen and oxygen atoms in total. The zero-order chi connectivity index (χ0) is 15.3. The van der Waals surface area contributed by atoms with Crippen LogP contribution in [0.5, 0.6) is 5.88 Å². The summed E-state index contributed by atoms with van der Waals surface area (Å²) < 4.78 is 0. The zero-order valence-corrected chi connectivity index (χ0v) is 13.5. The highest BCUT2D eigenvalue weighted by molar-refractivity contribution is 7.80. The zero-order valence-electron chi connectivity index (χ0n) is 12.6. The second kappa shape index (κ2) is 4.96. The molecule has 4 rings (SSSR count). The van der Waals surface area contributed by atoms with E-state index in [9.17, 15) is 5.11 Å². The van der Waals surface area contributed by atoms with Crippen molar-refractivity contribution in [1.29, 1.82) is 0 Å². The van der Waals surface area contributed by atoms with E-state index in [2.05, 4.69) is 58.8 Å². The molecule has 5 heteroatoms. The van der Waals surface area contributed by atoms with E-state index in [4.69, 9.17) is 0 Å². The van der Waals surface area contributed by atoms with Crippen LogP contribution in [0.25, 0.3) is 0 Å². The number of fused-ring (bicyclic) bond motifs is 3. The minimum Gasteiger partial charge on any atom is -0.493 e. The number of aromatic nitrogens is 2. The maximum absolute atomic E-state index is 10.1. The van der Waals surface area contributed by atoms with Crippen molar-refractivity contribution in [3.05, 3.63) is 46.6 Å². The molecular formula is C17H19N3OS. The second-order valence-electron chi connectivity index (χ2n) is 6.35. The van der Waals surface area contributed by atoms with Gasteiger partial charge in [0.2, 0.25) is 5.88 Å². The van der Waals surface area contributed by atoms with Gasteiger partial charge in [0.25, 0.3) is 0 Å². The van der Waals surface area contributed by atoms with Gasteiger partial charge < -0.3 is 5.11 Å². The first kappa shape index (κ1) is 14.0. The Bertz CT molecular complexity index is 749. The number of benzene rings is 1. The van der Waals surface area contributed by atoms with Crippen LogP contribution in [0.2, 0.25) is 0 Å². The van der Waals surface area contributed by atoms with Gasteiger partial charge in [-0.2, -0.15) is 4.98 Å². The van der Waals surface area contributed by atoms with Crippen LogP contribution in [0.15, 0.2) is 29.4 Å². The molecule has 0 radical (unpaired) electrons. The Morgan fingerprint density at radius 1 is 1.27 bits per heavy atom. The lowest BCUT2D eigenvalue weighted by molar-refractivity contribution is 0.0709. The SMILES string of the molecule is CN1Cc2c(O)nc(S)nc2C[C@]12CCCc1ccccc12. The highest BCUT2D eigenvalue weighted by Crippen LogP contribution is 2.46.